The molecule has 1 unspecified atom stereocenters. The van der Waals surface area contributed by atoms with Crippen LogP contribution in [0.2, 0.25) is 0 Å². The Morgan fingerprint density at radius 2 is 1.94 bits per heavy atom. The Balaban J connectivity index is 2.16. The van der Waals surface area contributed by atoms with Gasteiger partial charge in [-0.05, 0) is 24.1 Å². The number of hydrogen-bond donors (Lipinski definition) is 0. The highest BCUT2D eigenvalue weighted by atomic mass is 35.5. The maximum atomic E-state index is 13.0. The molecule has 0 aliphatic carbocycles. The molecule has 0 spiro atoms. The molecule has 2 rings (SSSR count). The lowest BCUT2D eigenvalue weighted by atomic mass is 10.2. The summed E-state index contributed by atoms with van der Waals surface area (Å²) in [6, 6.07) is 3.44. The molecule has 0 amide bonds. The number of benzene rings is 1. The van der Waals surface area contributed by atoms with E-state index in [0.29, 0.717) is 12.1 Å². The van der Waals surface area contributed by atoms with Crippen molar-refractivity contribution in [1.82, 2.24) is 9.78 Å². The van der Waals surface area contributed by atoms with Crippen LogP contribution in [-0.4, -0.2) is 9.78 Å². The predicted molar refractivity (Wildman–Crippen MR) is 66.6 cm³/mol. The monoisotopic (exact) mass is 270 g/mol. The minimum absolute atomic E-state index is 0.0806. The number of alkyl halides is 1. The fraction of sp³-hybridized carbons (Fsp3) is 0.308. The summed E-state index contributed by atoms with van der Waals surface area (Å²) in [4.78, 5) is 0. The summed E-state index contributed by atoms with van der Waals surface area (Å²) in [7, 11) is 0. The lowest BCUT2D eigenvalue weighted by Gasteiger charge is -2.03. The largest absolute Gasteiger partial charge is 0.268 e. The van der Waals surface area contributed by atoms with Gasteiger partial charge in [-0.15, -0.1) is 11.6 Å². The Bertz CT molecular complexity index is 519. The van der Waals surface area contributed by atoms with Crippen LogP contribution in [0.1, 0.15) is 29.8 Å². The van der Waals surface area contributed by atoms with Gasteiger partial charge < -0.3 is 0 Å². The molecule has 1 heterocycles. The van der Waals surface area contributed by atoms with Crippen LogP contribution in [0.15, 0.2) is 30.6 Å². The van der Waals surface area contributed by atoms with Gasteiger partial charge >= 0.3 is 0 Å². The Hall–Kier alpha value is -1.42. The van der Waals surface area contributed by atoms with Gasteiger partial charge in [-0.3, -0.25) is 4.68 Å². The highest BCUT2D eigenvalue weighted by Crippen LogP contribution is 2.23. The van der Waals surface area contributed by atoms with Crippen LogP contribution in [0.3, 0.4) is 0 Å². The second-order valence-electron chi connectivity index (χ2n) is 4.12. The molecule has 0 saturated heterocycles. The van der Waals surface area contributed by atoms with Crippen LogP contribution in [0.25, 0.3) is 0 Å². The minimum atomic E-state index is -0.582. The van der Waals surface area contributed by atoms with Crippen molar-refractivity contribution < 1.29 is 8.78 Å². The van der Waals surface area contributed by atoms with E-state index in [9.17, 15) is 8.78 Å². The van der Waals surface area contributed by atoms with Crippen molar-refractivity contribution in [2.45, 2.75) is 25.3 Å². The summed E-state index contributed by atoms with van der Waals surface area (Å²) < 4.78 is 27.7. The third-order valence-corrected chi connectivity index (χ3v) is 3.20. The molecule has 0 bridgehead atoms. The van der Waals surface area contributed by atoms with E-state index in [0.717, 1.165) is 18.1 Å². The first kappa shape index (κ1) is 13.0. The highest BCUT2D eigenvalue weighted by molar-refractivity contribution is 6.20. The van der Waals surface area contributed by atoms with Crippen molar-refractivity contribution in [3.05, 3.63) is 53.4 Å². The number of rotatable bonds is 4. The van der Waals surface area contributed by atoms with E-state index in [1.807, 2.05) is 6.92 Å². The molecule has 18 heavy (non-hydrogen) atoms. The molecule has 1 aromatic heterocycles. The smallest absolute Gasteiger partial charge is 0.126 e. The van der Waals surface area contributed by atoms with Gasteiger partial charge in [-0.25, -0.2) is 8.78 Å². The SMILES string of the molecule is CCC(Cl)c1cnn(Cc2cc(F)cc(F)c2)c1. The Labute approximate surface area is 109 Å². The molecule has 1 atom stereocenters. The standard InChI is InChI=1S/C13H13ClF2N2/c1-2-13(14)10-6-17-18(8-10)7-9-3-11(15)5-12(16)4-9/h3-6,8,13H,2,7H2,1H3. The van der Waals surface area contributed by atoms with Crippen LogP contribution < -0.4 is 0 Å². The van der Waals surface area contributed by atoms with Gasteiger partial charge in [0.25, 0.3) is 0 Å². The predicted octanol–water partition coefficient (Wildman–Crippen LogP) is 3.90. The average molecular weight is 271 g/mol. The second kappa shape index (κ2) is 5.48. The normalized spacial score (nSPS) is 12.7. The van der Waals surface area contributed by atoms with Gasteiger partial charge in [-0.1, -0.05) is 6.92 Å². The van der Waals surface area contributed by atoms with Crippen molar-refractivity contribution in [2.24, 2.45) is 0 Å². The summed E-state index contributed by atoms with van der Waals surface area (Å²) in [6.45, 7) is 2.30. The topological polar surface area (TPSA) is 17.8 Å². The zero-order valence-corrected chi connectivity index (χ0v) is 10.7. The summed E-state index contributed by atoms with van der Waals surface area (Å²) in [6.07, 6.45) is 4.28. The van der Waals surface area contributed by atoms with E-state index in [1.54, 1.807) is 17.1 Å². The van der Waals surface area contributed by atoms with Crippen molar-refractivity contribution >= 4 is 11.6 Å². The van der Waals surface area contributed by atoms with Crippen molar-refractivity contribution in [2.75, 3.05) is 0 Å². The Kier molecular flexibility index (Phi) is 3.97. The molecule has 5 heteroatoms. The number of hydrogen-bond acceptors (Lipinski definition) is 1. The quantitative estimate of drug-likeness (QED) is 0.771. The van der Waals surface area contributed by atoms with Gasteiger partial charge in [0.15, 0.2) is 0 Å². The fourth-order valence-electron chi connectivity index (χ4n) is 1.75. The maximum absolute atomic E-state index is 13.0. The first-order chi connectivity index (χ1) is 8.58. The third kappa shape index (κ3) is 3.07. The fourth-order valence-corrected chi connectivity index (χ4v) is 1.87. The van der Waals surface area contributed by atoms with Crippen LogP contribution in [0.5, 0.6) is 0 Å². The summed E-state index contributed by atoms with van der Waals surface area (Å²) in [5.41, 5.74) is 1.45. The van der Waals surface area contributed by atoms with Crippen molar-refractivity contribution in [1.29, 1.82) is 0 Å². The van der Waals surface area contributed by atoms with Crippen LogP contribution in [0.4, 0.5) is 8.78 Å². The molecule has 0 fully saturated rings. The minimum Gasteiger partial charge on any atom is -0.268 e. The third-order valence-electron chi connectivity index (χ3n) is 2.64. The van der Waals surface area contributed by atoms with Gasteiger partial charge in [0.1, 0.15) is 11.6 Å². The first-order valence-corrected chi connectivity index (χ1v) is 6.13. The van der Waals surface area contributed by atoms with E-state index in [1.165, 1.54) is 12.1 Å². The summed E-state index contributed by atoms with van der Waals surface area (Å²) in [5.74, 6) is -1.16. The van der Waals surface area contributed by atoms with Crippen LogP contribution >= 0.6 is 11.6 Å². The lowest BCUT2D eigenvalue weighted by molar-refractivity contribution is 0.574. The number of halogens is 3. The van der Waals surface area contributed by atoms with E-state index in [-0.39, 0.29) is 5.38 Å². The van der Waals surface area contributed by atoms with Crippen LogP contribution in [-0.2, 0) is 6.54 Å². The van der Waals surface area contributed by atoms with Gasteiger partial charge in [0.05, 0.1) is 18.1 Å². The van der Waals surface area contributed by atoms with E-state index < -0.39 is 11.6 Å². The molecule has 2 nitrogen and oxygen atoms in total. The highest BCUT2D eigenvalue weighted by Gasteiger charge is 2.08. The first-order valence-electron chi connectivity index (χ1n) is 5.70. The zero-order chi connectivity index (χ0) is 13.1. The van der Waals surface area contributed by atoms with Crippen molar-refractivity contribution in [3.8, 4) is 0 Å². The number of aromatic nitrogens is 2. The molecule has 0 aliphatic rings. The molecule has 0 saturated carbocycles. The summed E-state index contributed by atoms with van der Waals surface area (Å²) >= 11 is 6.08. The second-order valence-corrected chi connectivity index (χ2v) is 4.65. The Morgan fingerprint density at radius 1 is 1.28 bits per heavy atom. The molecule has 1 aromatic carbocycles. The maximum Gasteiger partial charge on any atom is 0.126 e. The molecule has 96 valence electrons. The van der Waals surface area contributed by atoms with Gasteiger partial charge in [0.2, 0.25) is 0 Å². The average Bonchev–Trinajstić information content (AvgIpc) is 2.75. The lowest BCUT2D eigenvalue weighted by Crippen LogP contribution is -2.01. The van der Waals surface area contributed by atoms with Crippen LogP contribution in [0, 0.1) is 11.6 Å². The molecular formula is C13H13ClF2N2. The number of nitrogens with zero attached hydrogens (tertiary/aromatic N) is 2. The van der Waals surface area contributed by atoms with Gasteiger partial charge in [-0.2, -0.15) is 5.10 Å². The molecule has 0 N–H and O–H groups in total. The summed E-state index contributed by atoms with van der Waals surface area (Å²) in [5, 5.41) is 4.05. The zero-order valence-electron chi connectivity index (χ0n) is 9.91. The molecule has 2 aromatic rings. The van der Waals surface area contributed by atoms with E-state index in [4.69, 9.17) is 11.6 Å². The van der Waals surface area contributed by atoms with Gasteiger partial charge in [0, 0.05) is 17.8 Å². The molecule has 0 aliphatic heterocycles. The van der Waals surface area contributed by atoms with E-state index in [2.05, 4.69) is 5.10 Å². The van der Waals surface area contributed by atoms with E-state index >= 15 is 0 Å². The van der Waals surface area contributed by atoms with Crippen molar-refractivity contribution in [3.63, 3.8) is 0 Å². The Morgan fingerprint density at radius 3 is 2.56 bits per heavy atom. The molecular weight excluding hydrogens is 258 g/mol. The molecule has 0 radical (unpaired) electrons.